The zero-order valence-electron chi connectivity index (χ0n) is 16.0. The van der Waals surface area contributed by atoms with E-state index in [0.717, 1.165) is 27.7 Å². The first-order chi connectivity index (χ1) is 12.9. The van der Waals surface area contributed by atoms with Crippen LogP contribution in [-0.2, 0) is 18.3 Å². The van der Waals surface area contributed by atoms with Gasteiger partial charge in [0.15, 0.2) is 0 Å². The van der Waals surface area contributed by atoms with Crippen molar-refractivity contribution in [3.8, 4) is 11.9 Å². The smallest absolute Gasteiger partial charge is 0.251 e. The molecule has 3 aromatic rings. The number of aromatic nitrogens is 3. The van der Waals surface area contributed by atoms with Crippen molar-refractivity contribution in [1.82, 2.24) is 15.0 Å². The van der Waals surface area contributed by atoms with E-state index in [1.165, 1.54) is 0 Å². The van der Waals surface area contributed by atoms with Gasteiger partial charge in [0, 0.05) is 29.3 Å². The maximum atomic E-state index is 12.1. The number of methoxy groups -OCH3 is 1. The van der Waals surface area contributed by atoms with Crippen molar-refractivity contribution in [2.75, 3.05) is 7.11 Å². The molecule has 138 valence electrons. The van der Waals surface area contributed by atoms with Crippen LogP contribution in [-0.4, -0.2) is 22.1 Å². The molecule has 0 unspecified atom stereocenters. The molecule has 0 aliphatic carbocycles. The standard InChI is InChI=1S/C21H22N4O2/c1-5-14-8-15-6-7-16(9-18(15)25-20(14)26)21(3,12-22)11-17-10-19(27-4)24-13(2)23-17/h6-10H,5,11H2,1-4H3,(H,25,26)/t21-/m1/s1. The molecule has 0 aliphatic rings. The number of ether oxygens (including phenoxy) is 1. The topological polar surface area (TPSA) is 91.7 Å². The molecule has 1 atom stereocenters. The minimum absolute atomic E-state index is 0.0861. The van der Waals surface area contributed by atoms with Gasteiger partial charge in [0.05, 0.1) is 18.6 Å². The number of nitrogens with zero attached hydrogens (tertiary/aromatic N) is 3. The summed E-state index contributed by atoms with van der Waals surface area (Å²) in [6, 6.07) is 11.8. The van der Waals surface area contributed by atoms with Gasteiger partial charge in [0.2, 0.25) is 5.88 Å². The van der Waals surface area contributed by atoms with Crippen LogP contribution in [0, 0.1) is 18.3 Å². The van der Waals surface area contributed by atoms with Gasteiger partial charge in [0.1, 0.15) is 5.82 Å². The number of nitrogens with one attached hydrogen (secondary N) is 1. The molecule has 0 aliphatic heterocycles. The monoisotopic (exact) mass is 362 g/mol. The summed E-state index contributed by atoms with van der Waals surface area (Å²) in [5.41, 5.74) is 2.15. The van der Waals surface area contributed by atoms with Gasteiger partial charge in [0.25, 0.3) is 5.56 Å². The highest BCUT2D eigenvalue weighted by molar-refractivity contribution is 5.80. The summed E-state index contributed by atoms with van der Waals surface area (Å²) in [6.07, 6.45) is 1.09. The van der Waals surface area contributed by atoms with Crippen LogP contribution in [0.25, 0.3) is 10.9 Å². The van der Waals surface area contributed by atoms with Crippen molar-refractivity contribution in [3.05, 3.63) is 63.3 Å². The Morgan fingerprint density at radius 1 is 1.26 bits per heavy atom. The maximum absolute atomic E-state index is 12.1. The average molecular weight is 362 g/mol. The number of nitriles is 1. The molecule has 2 heterocycles. The summed E-state index contributed by atoms with van der Waals surface area (Å²) in [7, 11) is 1.55. The van der Waals surface area contributed by atoms with E-state index in [0.29, 0.717) is 24.5 Å². The molecular formula is C21H22N4O2. The Kier molecular flexibility index (Phi) is 4.95. The molecule has 0 bridgehead atoms. The molecule has 2 aromatic heterocycles. The second-order valence-electron chi connectivity index (χ2n) is 6.85. The molecule has 0 saturated carbocycles. The van der Waals surface area contributed by atoms with Gasteiger partial charge in [-0.25, -0.2) is 4.98 Å². The fourth-order valence-electron chi connectivity index (χ4n) is 3.21. The van der Waals surface area contributed by atoms with E-state index in [4.69, 9.17) is 4.74 Å². The van der Waals surface area contributed by atoms with Crippen LogP contribution in [0.1, 0.15) is 36.5 Å². The predicted octanol–water partition coefficient (Wildman–Crippen LogP) is 3.22. The lowest BCUT2D eigenvalue weighted by Crippen LogP contribution is -2.24. The van der Waals surface area contributed by atoms with E-state index in [2.05, 4.69) is 21.0 Å². The van der Waals surface area contributed by atoms with Crippen LogP contribution in [0.3, 0.4) is 0 Å². The molecule has 0 amide bonds. The van der Waals surface area contributed by atoms with Crippen molar-refractivity contribution >= 4 is 10.9 Å². The highest BCUT2D eigenvalue weighted by Gasteiger charge is 2.28. The molecule has 6 heteroatoms. The number of H-pyrrole nitrogens is 1. The SMILES string of the molecule is CCc1cc2ccc([C@@](C)(C#N)Cc3cc(OC)nc(C)n3)cc2[nH]c1=O. The number of hydrogen-bond donors (Lipinski definition) is 1. The van der Waals surface area contributed by atoms with Crippen molar-refractivity contribution in [3.63, 3.8) is 0 Å². The number of rotatable bonds is 5. The van der Waals surface area contributed by atoms with E-state index in [1.807, 2.05) is 38.1 Å². The first-order valence-corrected chi connectivity index (χ1v) is 8.85. The Morgan fingerprint density at radius 2 is 2.04 bits per heavy atom. The largest absolute Gasteiger partial charge is 0.481 e. The minimum atomic E-state index is -0.805. The van der Waals surface area contributed by atoms with Gasteiger partial charge in [-0.05, 0) is 43.4 Å². The van der Waals surface area contributed by atoms with Crippen LogP contribution < -0.4 is 10.3 Å². The highest BCUT2D eigenvalue weighted by Crippen LogP contribution is 2.30. The van der Waals surface area contributed by atoms with Gasteiger partial charge in [-0.3, -0.25) is 4.79 Å². The quantitative estimate of drug-likeness (QED) is 0.752. The van der Waals surface area contributed by atoms with Gasteiger partial charge in [-0.2, -0.15) is 10.2 Å². The fourth-order valence-corrected chi connectivity index (χ4v) is 3.21. The maximum Gasteiger partial charge on any atom is 0.251 e. The molecule has 6 nitrogen and oxygen atoms in total. The summed E-state index contributed by atoms with van der Waals surface area (Å²) in [5.74, 6) is 1.08. The van der Waals surface area contributed by atoms with Crippen LogP contribution in [0.5, 0.6) is 5.88 Å². The third-order valence-electron chi connectivity index (χ3n) is 4.80. The predicted molar refractivity (Wildman–Crippen MR) is 104 cm³/mol. The first kappa shape index (κ1) is 18.6. The first-order valence-electron chi connectivity index (χ1n) is 8.85. The molecule has 0 radical (unpaired) electrons. The Bertz CT molecular complexity index is 1100. The Hall–Kier alpha value is -3.20. The normalized spacial score (nSPS) is 13.1. The number of aryl methyl sites for hydroxylation is 2. The van der Waals surface area contributed by atoms with Gasteiger partial charge >= 0.3 is 0 Å². The summed E-state index contributed by atoms with van der Waals surface area (Å²) in [6.45, 7) is 5.62. The van der Waals surface area contributed by atoms with E-state index < -0.39 is 5.41 Å². The average Bonchev–Trinajstić information content (AvgIpc) is 2.66. The lowest BCUT2D eigenvalue weighted by Gasteiger charge is -2.22. The second-order valence-corrected chi connectivity index (χ2v) is 6.85. The molecule has 27 heavy (non-hydrogen) atoms. The second kappa shape index (κ2) is 7.20. The molecule has 0 fully saturated rings. The summed E-state index contributed by atoms with van der Waals surface area (Å²) in [5, 5.41) is 10.9. The summed E-state index contributed by atoms with van der Waals surface area (Å²) in [4.78, 5) is 23.7. The van der Waals surface area contributed by atoms with E-state index in [9.17, 15) is 10.1 Å². The Morgan fingerprint density at radius 3 is 2.70 bits per heavy atom. The van der Waals surface area contributed by atoms with Crippen LogP contribution in [0.4, 0.5) is 0 Å². The molecule has 0 saturated heterocycles. The number of fused-ring (bicyclic) bond motifs is 1. The van der Waals surface area contributed by atoms with E-state index >= 15 is 0 Å². The van der Waals surface area contributed by atoms with Crippen molar-refractivity contribution in [2.45, 2.75) is 39.0 Å². The van der Waals surface area contributed by atoms with Gasteiger partial charge in [-0.15, -0.1) is 0 Å². The molecule has 0 spiro atoms. The lowest BCUT2D eigenvalue weighted by atomic mass is 9.79. The van der Waals surface area contributed by atoms with Crippen molar-refractivity contribution in [1.29, 1.82) is 5.26 Å². The number of aromatic amines is 1. The van der Waals surface area contributed by atoms with E-state index in [1.54, 1.807) is 20.1 Å². The summed E-state index contributed by atoms with van der Waals surface area (Å²) < 4.78 is 5.21. The van der Waals surface area contributed by atoms with Crippen LogP contribution in [0.15, 0.2) is 35.1 Å². The van der Waals surface area contributed by atoms with Crippen LogP contribution in [0.2, 0.25) is 0 Å². The van der Waals surface area contributed by atoms with Gasteiger partial charge < -0.3 is 9.72 Å². The molecule has 1 N–H and O–H groups in total. The third kappa shape index (κ3) is 3.68. The Balaban J connectivity index is 2.05. The fraction of sp³-hybridized carbons (Fsp3) is 0.333. The summed E-state index contributed by atoms with van der Waals surface area (Å²) >= 11 is 0. The van der Waals surface area contributed by atoms with Crippen molar-refractivity contribution < 1.29 is 4.74 Å². The van der Waals surface area contributed by atoms with Gasteiger partial charge in [-0.1, -0.05) is 19.1 Å². The zero-order chi connectivity index (χ0) is 19.6. The third-order valence-corrected chi connectivity index (χ3v) is 4.80. The molecule has 3 rings (SSSR count). The number of hydrogen-bond acceptors (Lipinski definition) is 5. The lowest BCUT2D eigenvalue weighted by molar-refractivity contribution is 0.394. The van der Waals surface area contributed by atoms with Crippen LogP contribution >= 0.6 is 0 Å². The van der Waals surface area contributed by atoms with Crippen molar-refractivity contribution in [2.24, 2.45) is 0 Å². The Labute approximate surface area is 157 Å². The highest BCUT2D eigenvalue weighted by atomic mass is 16.5. The molecular weight excluding hydrogens is 340 g/mol. The zero-order valence-corrected chi connectivity index (χ0v) is 16.0. The number of benzene rings is 1. The van der Waals surface area contributed by atoms with E-state index in [-0.39, 0.29) is 5.56 Å². The minimum Gasteiger partial charge on any atom is -0.481 e. The number of pyridine rings is 1. The molecule has 1 aromatic carbocycles.